The number of halogens is 4. The van der Waals surface area contributed by atoms with Crippen molar-refractivity contribution >= 4 is 51.3 Å². The summed E-state index contributed by atoms with van der Waals surface area (Å²) >= 11 is 1.65. The van der Waals surface area contributed by atoms with Crippen molar-refractivity contribution in [2.75, 3.05) is 26.7 Å². The number of thiophene rings is 1. The molecule has 0 unspecified atom stereocenters. The van der Waals surface area contributed by atoms with E-state index < -0.39 is 15.5 Å². The van der Waals surface area contributed by atoms with E-state index in [2.05, 4.69) is 15.6 Å². The number of nitrogens with zero attached hydrogens (tertiary/aromatic N) is 2. The third-order valence-electron chi connectivity index (χ3n) is 4.37. The van der Waals surface area contributed by atoms with Crippen LogP contribution in [0.25, 0.3) is 0 Å². The van der Waals surface area contributed by atoms with E-state index in [-0.39, 0.29) is 43.0 Å². The van der Waals surface area contributed by atoms with Gasteiger partial charge in [0.25, 0.3) is 0 Å². The molecule has 2 N–H and O–H groups in total. The molecule has 12 heteroatoms. The second kappa shape index (κ2) is 10.3. The lowest BCUT2D eigenvalue weighted by Gasteiger charge is -2.31. The summed E-state index contributed by atoms with van der Waals surface area (Å²) in [5.41, 5.74) is -4.03. The zero-order valence-corrected chi connectivity index (χ0v) is 19.0. The summed E-state index contributed by atoms with van der Waals surface area (Å²) < 4.78 is 61.1. The number of aliphatic imine (C=N–C) groups is 1. The average molecular weight is 540 g/mol. The largest absolute Gasteiger partial charge is 0.511 e. The molecule has 1 aromatic rings. The first-order chi connectivity index (χ1) is 12.1. The van der Waals surface area contributed by atoms with E-state index in [4.69, 9.17) is 0 Å². The van der Waals surface area contributed by atoms with E-state index in [1.54, 1.807) is 18.4 Å². The Hall–Kier alpha value is -0.600. The van der Waals surface area contributed by atoms with Crippen LogP contribution in [0.1, 0.15) is 23.3 Å². The van der Waals surface area contributed by atoms with Gasteiger partial charge in [0.05, 0.1) is 6.54 Å². The lowest BCUT2D eigenvalue weighted by molar-refractivity contribution is -0.0496. The predicted molar refractivity (Wildman–Crippen MR) is 112 cm³/mol. The van der Waals surface area contributed by atoms with Gasteiger partial charge in [-0.1, -0.05) is 0 Å². The van der Waals surface area contributed by atoms with E-state index in [0.29, 0.717) is 36.2 Å². The molecule has 6 nitrogen and oxygen atoms in total. The number of hydrogen-bond acceptors (Lipinski definition) is 4. The lowest BCUT2D eigenvalue weighted by Crippen LogP contribution is -2.47. The highest BCUT2D eigenvalue weighted by molar-refractivity contribution is 14.0. The van der Waals surface area contributed by atoms with Crippen LogP contribution in [0.5, 0.6) is 0 Å². The van der Waals surface area contributed by atoms with Crippen molar-refractivity contribution in [3.8, 4) is 0 Å². The van der Waals surface area contributed by atoms with Gasteiger partial charge in [0.1, 0.15) is 0 Å². The van der Waals surface area contributed by atoms with Crippen molar-refractivity contribution in [2.24, 2.45) is 10.9 Å². The molecule has 0 bridgehead atoms. The predicted octanol–water partition coefficient (Wildman–Crippen LogP) is 2.90. The molecule has 2 heterocycles. The van der Waals surface area contributed by atoms with E-state index >= 15 is 0 Å². The molecular weight excluding hydrogens is 516 g/mol. The van der Waals surface area contributed by atoms with E-state index in [1.165, 1.54) is 10.4 Å². The Kier molecular flexibility index (Phi) is 9.28. The molecule has 1 aliphatic heterocycles. The smallest absolute Gasteiger partial charge is 0.356 e. The standard InChI is InChI=1S/C15H23F3N4O2S2.HI/c1-11-5-8-25-13(11)10-21-14(19-2)20-9-12-3-6-22(7-4-12)26(23,24)15(16,17)18;/h5,8,12H,3-4,6-7,9-10H2,1-2H3,(H2,19,20,21);1H. The molecule has 0 radical (unpaired) electrons. The van der Waals surface area contributed by atoms with E-state index in [0.717, 1.165) is 0 Å². The summed E-state index contributed by atoms with van der Waals surface area (Å²) in [5, 5.41) is 8.38. The lowest BCUT2D eigenvalue weighted by atomic mass is 9.98. The van der Waals surface area contributed by atoms with Gasteiger partial charge in [0, 0.05) is 31.6 Å². The zero-order chi connectivity index (χ0) is 19.4. The molecule has 1 saturated heterocycles. The minimum atomic E-state index is -5.23. The van der Waals surface area contributed by atoms with Crippen molar-refractivity contribution in [2.45, 2.75) is 31.8 Å². The van der Waals surface area contributed by atoms with Crippen LogP contribution in [0.3, 0.4) is 0 Å². The van der Waals surface area contributed by atoms with Gasteiger partial charge in [0.2, 0.25) is 0 Å². The molecule has 0 amide bonds. The van der Waals surface area contributed by atoms with Gasteiger partial charge in [-0.05, 0) is 42.7 Å². The molecule has 27 heavy (non-hydrogen) atoms. The quantitative estimate of drug-likeness (QED) is 0.343. The van der Waals surface area contributed by atoms with Crippen molar-refractivity contribution < 1.29 is 21.6 Å². The highest BCUT2D eigenvalue weighted by Gasteiger charge is 2.50. The molecule has 0 aliphatic carbocycles. The maximum Gasteiger partial charge on any atom is 0.511 e. The Morgan fingerprint density at radius 3 is 2.44 bits per heavy atom. The van der Waals surface area contributed by atoms with Gasteiger partial charge < -0.3 is 10.6 Å². The first-order valence-electron chi connectivity index (χ1n) is 8.19. The highest BCUT2D eigenvalue weighted by Crippen LogP contribution is 2.30. The number of piperidine rings is 1. The summed E-state index contributed by atoms with van der Waals surface area (Å²) in [4.78, 5) is 5.34. The number of guanidine groups is 1. The fourth-order valence-electron chi connectivity index (χ4n) is 2.71. The Balaban J connectivity index is 0.00000364. The number of sulfonamides is 1. The molecule has 1 aliphatic rings. The molecule has 1 aromatic heterocycles. The summed E-state index contributed by atoms with van der Waals surface area (Å²) in [6, 6.07) is 2.04. The van der Waals surface area contributed by atoms with Gasteiger partial charge in [-0.15, -0.1) is 35.3 Å². The highest BCUT2D eigenvalue weighted by atomic mass is 127. The maximum absolute atomic E-state index is 12.6. The summed E-state index contributed by atoms with van der Waals surface area (Å²) in [6.45, 7) is 2.98. The first-order valence-corrected chi connectivity index (χ1v) is 10.5. The van der Waals surface area contributed by atoms with Crippen LogP contribution in [0, 0.1) is 12.8 Å². The minimum absolute atomic E-state index is 0. The van der Waals surface area contributed by atoms with Gasteiger partial charge in [-0.25, -0.2) is 8.42 Å². The number of nitrogens with one attached hydrogen (secondary N) is 2. The van der Waals surface area contributed by atoms with Gasteiger partial charge >= 0.3 is 15.5 Å². The van der Waals surface area contributed by atoms with Crippen LogP contribution < -0.4 is 10.6 Å². The summed E-state index contributed by atoms with van der Waals surface area (Å²) in [5.74, 6) is 0.708. The zero-order valence-electron chi connectivity index (χ0n) is 15.0. The maximum atomic E-state index is 12.6. The number of rotatable bonds is 5. The summed E-state index contributed by atoms with van der Waals surface area (Å²) in [7, 11) is -3.57. The van der Waals surface area contributed by atoms with Crippen molar-refractivity contribution in [1.29, 1.82) is 0 Å². The van der Waals surface area contributed by atoms with E-state index in [9.17, 15) is 21.6 Å². The second-order valence-electron chi connectivity index (χ2n) is 6.13. The Morgan fingerprint density at radius 1 is 1.33 bits per heavy atom. The Bertz CT molecular complexity index is 730. The third kappa shape index (κ3) is 6.46. The van der Waals surface area contributed by atoms with Crippen LogP contribution >= 0.6 is 35.3 Å². The van der Waals surface area contributed by atoms with Crippen molar-refractivity contribution in [1.82, 2.24) is 14.9 Å². The molecule has 0 atom stereocenters. The Labute approximate surface area is 178 Å². The molecule has 0 spiro atoms. The molecule has 0 aromatic carbocycles. The number of alkyl halides is 3. The first kappa shape index (κ1) is 24.4. The van der Waals surface area contributed by atoms with Crippen LogP contribution in [0.4, 0.5) is 13.2 Å². The molecule has 156 valence electrons. The van der Waals surface area contributed by atoms with Gasteiger partial charge in [-0.2, -0.15) is 17.5 Å². The molecule has 2 rings (SSSR count). The van der Waals surface area contributed by atoms with Crippen LogP contribution in [-0.4, -0.2) is 50.9 Å². The topological polar surface area (TPSA) is 73.8 Å². The van der Waals surface area contributed by atoms with Crippen LogP contribution in [0.2, 0.25) is 0 Å². The monoisotopic (exact) mass is 540 g/mol. The fraction of sp³-hybridized carbons (Fsp3) is 0.667. The van der Waals surface area contributed by atoms with Crippen molar-refractivity contribution in [3.63, 3.8) is 0 Å². The van der Waals surface area contributed by atoms with Crippen LogP contribution in [-0.2, 0) is 16.6 Å². The number of hydrogen-bond donors (Lipinski definition) is 2. The fourth-order valence-corrected chi connectivity index (χ4v) is 4.54. The third-order valence-corrected chi connectivity index (χ3v) is 7.03. The van der Waals surface area contributed by atoms with Gasteiger partial charge in [-0.3, -0.25) is 4.99 Å². The normalized spacial score (nSPS) is 17.4. The Morgan fingerprint density at radius 2 is 1.96 bits per heavy atom. The van der Waals surface area contributed by atoms with E-state index in [1.807, 2.05) is 18.4 Å². The minimum Gasteiger partial charge on any atom is -0.356 e. The summed E-state index contributed by atoms with van der Waals surface area (Å²) in [6.07, 6.45) is 0.757. The van der Waals surface area contributed by atoms with Gasteiger partial charge in [0.15, 0.2) is 5.96 Å². The molecule has 1 fully saturated rings. The second-order valence-corrected chi connectivity index (χ2v) is 9.06. The van der Waals surface area contributed by atoms with Crippen molar-refractivity contribution in [3.05, 3.63) is 21.9 Å². The van der Waals surface area contributed by atoms with Crippen LogP contribution in [0.15, 0.2) is 16.4 Å². The number of aryl methyl sites for hydroxylation is 1. The SMILES string of the molecule is CN=C(NCc1sccc1C)NCC1CCN(S(=O)(=O)C(F)(F)F)CC1.I. The molecular formula is C15H24F3IN4O2S2. The average Bonchev–Trinajstić information content (AvgIpc) is 2.99. The molecule has 0 saturated carbocycles.